The summed E-state index contributed by atoms with van der Waals surface area (Å²) in [5.74, 6) is -1.02. The molecule has 0 aliphatic heterocycles. The van der Waals surface area contributed by atoms with E-state index in [1.54, 1.807) is 0 Å². The van der Waals surface area contributed by atoms with E-state index in [1.165, 1.54) is 11.3 Å². The van der Waals surface area contributed by atoms with Crippen molar-refractivity contribution in [1.29, 1.82) is 0 Å². The molecule has 1 heterocycles. The van der Waals surface area contributed by atoms with Crippen molar-refractivity contribution in [2.75, 3.05) is 0 Å². The van der Waals surface area contributed by atoms with Gasteiger partial charge in [-0.3, -0.25) is 4.94 Å². The van der Waals surface area contributed by atoms with E-state index in [1.807, 2.05) is 17.5 Å². The highest BCUT2D eigenvalue weighted by atomic mass is 32.1. The van der Waals surface area contributed by atoms with Gasteiger partial charge < -0.3 is 5.73 Å². The molecular weight excluding hydrogens is 181 g/mol. The monoisotopic (exact) mass is 189 g/mol. The molecule has 0 aliphatic rings. The van der Waals surface area contributed by atoms with E-state index in [2.05, 4.69) is 4.94 Å². The molecule has 0 amide bonds. The Kier molecular flexibility index (Phi) is 3.19. The maximum absolute atomic E-state index is 11.3. The van der Waals surface area contributed by atoms with Crippen LogP contribution in [-0.2, 0) is 16.2 Å². The van der Waals surface area contributed by atoms with Crippen molar-refractivity contribution in [2.45, 2.75) is 12.5 Å². The van der Waals surface area contributed by atoms with Gasteiger partial charge in [0.1, 0.15) is 6.04 Å². The topological polar surface area (TPSA) is 52.3 Å². The van der Waals surface area contributed by atoms with Gasteiger partial charge in [-0.2, -0.15) is 0 Å². The van der Waals surface area contributed by atoms with Crippen molar-refractivity contribution in [1.82, 2.24) is 0 Å². The lowest BCUT2D eigenvalue weighted by atomic mass is 10.2. The summed E-state index contributed by atoms with van der Waals surface area (Å²) in [5.41, 5.74) is 5.31. The van der Waals surface area contributed by atoms with Crippen LogP contribution < -0.4 is 5.73 Å². The molecule has 2 N–H and O–H groups in total. The molecule has 66 valence electrons. The average Bonchev–Trinajstić information content (AvgIpc) is 2.55. The van der Waals surface area contributed by atoms with E-state index in [-0.39, 0.29) is 0 Å². The van der Waals surface area contributed by atoms with Crippen molar-refractivity contribution >= 4 is 17.3 Å². The number of halogens is 1. The molecule has 1 rings (SSSR count). The zero-order chi connectivity index (χ0) is 8.97. The van der Waals surface area contributed by atoms with Crippen molar-refractivity contribution in [3.05, 3.63) is 22.4 Å². The first-order valence-electron chi connectivity index (χ1n) is 3.34. The summed E-state index contributed by atoms with van der Waals surface area (Å²) in [5, 5.41) is 1.86. The smallest absolute Gasteiger partial charge is 0.318 e. The number of rotatable bonds is 3. The van der Waals surface area contributed by atoms with Crippen LogP contribution in [-0.4, -0.2) is 12.0 Å². The maximum atomic E-state index is 11.3. The number of carbonyl (C=O) groups is 1. The summed E-state index contributed by atoms with van der Waals surface area (Å²) < 4.78 is 11.3. The number of carbonyl (C=O) groups excluding carboxylic acids is 1. The van der Waals surface area contributed by atoms with Crippen LogP contribution in [0.3, 0.4) is 0 Å². The molecule has 0 fully saturated rings. The molecular formula is C7H8FNO2S. The number of hydrogen-bond donors (Lipinski definition) is 1. The molecule has 1 unspecified atom stereocenters. The first-order valence-corrected chi connectivity index (χ1v) is 4.22. The van der Waals surface area contributed by atoms with E-state index < -0.39 is 12.0 Å². The summed E-state index contributed by atoms with van der Waals surface area (Å²) in [4.78, 5) is 14.5. The van der Waals surface area contributed by atoms with Crippen molar-refractivity contribution < 1.29 is 14.3 Å². The van der Waals surface area contributed by atoms with Gasteiger partial charge >= 0.3 is 5.97 Å². The Morgan fingerprint density at radius 1 is 1.83 bits per heavy atom. The van der Waals surface area contributed by atoms with E-state index in [4.69, 9.17) is 5.73 Å². The van der Waals surface area contributed by atoms with E-state index in [0.717, 1.165) is 4.88 Å². The molecule has 0 bridgehead atoms. The predicted octanol–water partition coefficient (Wildman–Crippen LogP) is 1.05. The van der Waals surface area contributed by atoms with Gasteiger partial charge in [0.15, 0.2) is 0 Å². The fourth-order valence-corrected chi connectivity index (χ4v) is 1.55. The molecule has 5 heteroatoms. The van der Waals surface area contributed by atoms with Crippen LogP contribution in [0.25, 0.3) is 0 Å². The highest BCUT2D eigenvalue weighted by Crippen LogP contribution is 2.10. The Hall–Kier alpha value is -0.940. The summed E-state index contributed by atoms with van der Waals surface area (Å²) in [6.07, 6.45) is 0.320. The highest BCUT2D eigenvalue weighted by molar-refractivity contribution is 7.09. The summed E-state index contributed by atoms with van der Waals surface area (Å²) in [7, 11) is 0. The standard InChI is InChI=1S/C7H8FNO2S/c8-11-7(10)6(9)4-5-2-1-3-12-5/h1-3,6H,4,9H2. The lowest BCUT2D eigenvalue weighted by Crippen LogP contribution is -2.32. The molecule has 12 heavy (non-hydrogen) atoms. The number of nitrogens with two attached hydrogens (primary N) is 1. The van der Waals surface area contributed by atoms with Crippen LogP contribution in [0.15, 0.2) is 17.5 Å². The third-order valence-corrected chi connectivity index (χ3v) is 2.28. The molecule has 0 saturated carbocycles. The average molecular weight is 189 g/mol. The van der Waals surface area contributed by atoms with E-state index in [0.29, 0.717) is 6.42 Å². The minimum absolute atomic E-state index is 0.320. The fourth-order valence-electron chi connectivity index (χ4n) is 0.786. The second kappa shape index (κ2) is 4.18. The van der Waals surface area contributed by atoms with Crippen LogP contribution in [0.4, 0.5) is 4.53 Å². The van der Waals surface area contributed by atoms with Crippen molar-refractivity contribution in [3.8, 4) is 0 Å². The Balaban J connectivity index is 2.47. The molecule has 0 aliphatic carbocycles. The van der Waals surface area contributed by atoms with E-state index in [9.17, 15) is 9.32 Å². The molecule has 0 radical (unpaired) electrons. The molecule has 3 nitrogen and oxygen atoms in total. The molecule has 0 spiro atoms. The van der Waals surface area contributed by atoms with E-state index >= 15 is 0 Å². The van der Waals surface area contributed by atoms with Gasteiger partial charge in [-0.1, -0.05) is 6.07 Å². The zero-order valence-electron chi connectivity index (χ0n) is 6.20. The molecule has 1 aromatic rings. The van der Waals surface area contributed by atoms with Gasteiger partial charge in [0.25, 0.3) is 0 Å². The minimum Gasteiger partial charge on any atom is -0.318 e. The van der Waals surface area contributed by atoms with Crippen LogP contribution in [0.2, 0.25) is 0 Å². The lowest BCUT2D eigenvalue weighted by molar-refractivity contribution is -0.185. The van der Waals surface area contributed by atoms with Crippen molar-refractivity contribution in [3.63, 3.8) is 0 Å². The third-order valence-electron chi connectivity index (χ3n) is 1.38. The Labute approximate surface area is 72.8 Å². The normalized spacial score (nSPS) is 12.5. The van der Waals surface area contributed by atoms with Gasteiger partial charge in [-0.25, -0.2) is 4.79 Å². The molecule has 0 aromatic carbocycles. The minimum atomic E-state index is -1.02. The Bertz CT molecular complexity index is 250. The second-order valence-electron chi connectivity index (χ2n) is 2.29. The zero-order valence-corrected chi connectivity index (χ0v) is 7.01. The van der Waals surface area contributed by atoms with Crippen LogP contribution in [0, 0.1) is 0 Å². The van der Waals surface area contributed by atoms with Gasteiger partial charge in [0, 0.05) is 15.8 Å². The predicted molar refractivity (Wildman–Crippen MR) is 43.2 cm³/mol. The van der Waals surface area contributed by atoms with Crippen molar-refractivity contribution in [2.24, 2.45) is 5.73 Å². The van der Waals surface area contributed by atoms with Gasteiger partial charge in [0.05, 0.1) is 0 Å². The van der Waals surface area contributed by atoms with Gasteiger partial charge in [-0.05, 0) is 11.4 Å². The largest absolute Gasteiger partial charge is 0.365 e. The summed E-state index contributed by atoms with van der Waals surface area (Å²) in [6, 6.07) is 2.76. The first-order chi connectivity index (χ1) is 5.74. The fraction of sp³-hybridized carbons (Fsp3) is 0.286. The summed E-state index contributed by atoms with van der Waals surface area (Å²) >= 11 is 1.47. The Morgan fingerprint density at radius 2 is 2.58 bits per heavy atom. The second-order valence-corrected chi connectivity index (χ2v) is 3.32. The lowest BCUT2D eigenvalue weighted by Gasteiger charge is -2.03. The summed E-state index contributed by atoms with van der Waals surface area (Å²) in [6.45, 7) is 0. The molecule has 1 atom stereocenters. The highest BCUT2D eigenvalue weighted by Gasteiger charge is 2.16. The Morgan fingerprint density at radius 3 is 3.08 bits per heavy atom. The van der Waals surface area contributed by atoms with Crippen LogP contribution >= 0.6 is 11.3 Å². The maximum Gasteiger partial charge on any atom is 0.365 e. The van der Waals surface area contributed by atoms with Gasteiger partial charge in [-0.15, -0.1) is 11.3 Å². The molecule has 1 aromatic heterocycles. The molecule has 0 saturated heterocycles. The van der Waals surface area contributed by atoms with Gasteiger partial charge in [0.2, 0.25) is 0 Å². The first kappa shape index (κ1) is 9.15. The quantitative estimate of drug-likeness (QED) is 0.773. The SMILES string of the molecule is NC(Cc1cccs1)C(=O)OF. The third kappa shape index (κ3) is 2.28. The van der Waals surface area contributed by atoms with Crippen LogP contribution in [0.1, 0.15) is 4.88 Å². The van der Waals surface area contributed by atoms with Crippen LogP contribution in [0.5, 0.6) is 0 Å². The number of hydrogen-bond acceptors (Lipinski definition) is 4. The number of thiophene rings is 1.